The number of hydrogen-bond acceptors (Lipinski definition) is 7. The number of aliphatic imine (C=N–C) groups is 1. The number of aryl methyl sites for hydroxylation is 2. The van der Waals surface area contributed by atoms with Gasteiger partial charge in [-0.1, -0.05) is 30.8 Å². The number of carbonyl (C=O) groups excluding carboxylic acids is 1. The van der Waals surface area contributed by atoms with Gasteiger partial charge < -0.3 is 19.9 Å². The van der Waals surface area contributed by atoms with E-state index in [-0.39, 0.29) is 38.0 Å². The summed E-state index contributed by atoms with van der Waals surface area (Å²) in [7, 11) is 0. The molecule has 0 unspecified atom stereocenters. The number of nitrogens with zero attached hydrogens (tertiary/aromatic N) is 4. The van der Waals surface area contributed by atoms with E-state index in [1.165, 1.54) is 17.0 Å². The van der Waals surface area contributed by atoms with Gasteiger partial charge in [0.1, 0.15) is 17.3 Å². The predicted octanol–water partition coefficient (Wildman–Crippen LogP) is 4.78. The number of hydrogen-bond donors (Lipinski definition) is 2. The molecule has 214 valence electrons. The van der Waals surface area contributed by atoms with E-state index < -0.39 is 12.6 Å². The number of alkyl halides is 2. The highest BCUT2D eigenvalue weighted by atomic mass is 19.3. The van der Waals surface area contributed by atoms with E-state index >= 15 is 0 Å². The molecule has 2 N–H and O–H groups in total. The van der Waals surface area contributed by atoms with Crippen molar-refractivity contribution >= 4 is 12.0 Å². The van der Waals surface area contributed by atoms with Gasteiger partial charge in [0.15, 0.2) is 0 Å². The van der Waals surface area contributed by atoms with Crippen LogP contribution in [0.2, 0.25) is 0 Å². The van der Waals surface area contributed by atoms with E-state index in [0.29, 0.717) is 12.4 Å². The SMILES string of the molecule is C=C1N(Cc2ccc3c(c2)CCO3)C(=O)N=C(NCc2c(CO)cc(C)nc2C)N1Cc1ccc(OC(F)F)cc1. The standard InChI is InChI=1S/C30H31F2N5O4/c1-18-12-24(17-38)26(19(2)34-18)14-33-29-35-30(39)37(16-22-6-9-27-23(13-22)10-11-40-27)20(3)36(29)15-21-4-7-25(8-5-21)41-28(31)32/h4-9,12-13,28,38H,3,10-11,14-17H2,1-2H3,(H,33,35,39). The molecule has 2 aliphatic rings. The summed E-state index contributed by atoms with van der Waals surface area (Å²) in [5, 5.41) is 13.1. The molecule has 0 radical (unpaired) electrons. The molecule has 2 amide bonds. The highest BCUT2D eigenvalue weighted by Crippen LogP contribution is 2.29. The van der Waals surface area contributed by atoms with Crippen molar-refractivity contribution < 1.29 is 28.2 Å². The summed E-state index contributed by atoms with van der Waals surface area (Å²) in [6.07, 6.45) is 0.810. The first-order chi connectivity index (χ1) is 19.7. The lowest BCUT2D eigenvalue weighted by molar-refractivity contribution is -0.0498. The van der Waals surface area contributed by atoms with E-state index in [2.05, 4.69) is 26.6 Å². The second-order valence-corrected chi connectivity index (χ2v) is 9.87. The van der Waals surface area contributed by atoms with Gasteiger partial charge in [-0.25, -0.2) is 4.79 Å². The third kappa shape index (κ3) is 6.30. The largest absolute Gasteiger partial charge is 0.493 e. The Balaban J connectivity index is 1.42. The number of aromatic nitrogens is 1. The number of aliphatic hydroxyl groups is 1. The van der Waals surface area contributed by atoms with Crippen LogP contribution in [0.5, 0.6) is 11.5 Å². The van der Waals surface area contributed by atoms with Gasteiger partial charge in [-0.05, 0) is 65.9 Å². The Morgan fingerprint density at radius 3 is 2.56 bits per heavy atom. The molecule has 9 nitrogen and oxygen atoms in total. The fourth-order valence-corrected chi connectivity index (χ4v) is 5.02. The number of rotatable bonds is 9. The number of halogens is 2. The molecule has 0 fully saturated rings. The summed E-state index contributed by atoms with van der Waals surface area (Å²) in [5.74, 6) is 1.57. The van der Waals surface area contributed by atoms with Gasteiger partial charge in [0, 0.05) is 24.4 Å². The summed E-state index contributed by atoms with van der Waals surface area (Å²) < 4.78 is 35.3. The van der Waals surface area contributed by atoms with Gasteiger partial charge >= 0.3 is 12.6 Å². The van der Waals surface area contributed by atoms with Crippen LogP contribution in [-0.2, 0) is 32.7 Å². The van der Waals surface area contributed by atoms with Crippen molar-refractivity contribution in [1.29, 1.82) is 0 Å². The summed E-state index contributed by atoms with van der Waals surface area (Å²) in [4.78, 5) is 25.4. The first-order valence-electron chi connectivity index (χ1n) is 13.2. The number of aliphatic hydroxyl groups excluding tert-OH is 1. The van der Waals surface area contributed by atoms with Crippen LogP contribution in [0, 0.1) is 13.8 Å². The molecule has 1 aromatic heterocycles. The summed E-state index contributed by atoms with van der Waals surface area (Å²) >= 11 is 0. The number of pyridine rings is 1. The van der Waals surface area contributed by atoms with Gasteiger partial charge in [-0.2, -0.15) is 13.8 Å². The third-order valence-corrected chi connectivity index (χ3v) is 7.04. The molecule has 2 aromatic carbocycles. The Morgan fingerprint density at radius 1 is 1.10 bits per heavy atom. The fraction of sp³-hybridized carbons (Fsp3) is 0.300. The second kappa shape index (κ2) is 11.9. The Labute approximate surface area is 236 Å². The molecular formula is C30H31F2N5O4. The minimum Gasteiger partial charge on any atom is -0.493 e. The number of amides is 2. The van der Waals surface area contributed by atoms with Crippen molar-refractivity contribution in [1.82, 2.24) is 20.1 Å². The lowest BCUT2D eigenvalue weighted by Gasteiger charge is -2.37. The molecule has 0 spiro atoms. The van der Waals surface area contributed by atoms with Crippen molar-refractivity contribution in [2.24, 2.45) is 4.99 Å². The van der Waals surface area contributed by atoms with E-state index in [0.717, 1.165) is 51.4 Å². The molecule has 0 bridgehead atoms. The van der Waals surface area contributed by atoms with Crippen molar-refractivity contribution in [2.45, 2.75) is 53.1 Å². The summed E-state index contributed by atoms with van der Waals surface area (Å²) in [5.41, 5.74) is 5.85. The van der Waals surface area contributed by atoms with Crippen LogP contribution in [0.15, 0.2) is 65.9 Å². The van der Waals surface area contributed by atoms with Gasteiger partial charge in [-0.3, -0.25) is 14.8 Å². The van der Waals surface area contributed by atoms with Crippen LogP contribution in [0.3, 0.4) is 0 Å². The molecule has 2 aliphatic heterocycles. The van der Waals surface area contributed by atoms with Gasteiger partial charge in [0.05, 0.1) is 26.3 Å². The number of benzene rings is 2. The highest BCUT2D eigenvalue weighted by molar-refractivity contribution is 5.96. The number of fused-ring (bicyclic) bond motifs is 1. The van der Waals surface area contributed by atoms with E-state index in [4.69, 9.17) is 4.74 Å². The topological polar surface area (TPSA) is 99.5 Å². The lowest BCUT2D eigenvalue weighted by atomic mass is 10.1. The Morgan fingerprint density at radius 2 is 1.83 bits per heavy atom. The maximum atomic E-state index is 13.3. The Hall–Kier alpha value is -4.51. The monoisotopic (exact) mass is 563 g/mol. The smallest absolute Gasteiger partial charge is 0.387 e. The molecule has 5 rings (SSSR count). The number of ether oxygens (including phenoxy) is 2. The van der Waals surface area contributed by atoms with Gasteiger partial charge in [0.25, 0.3) is 0 Å². The molecular weight excluding hydrogens is 532 g/mol. The number of carbonyl (C=O) groups is 1. The van der Waals surface area contributed by atoms with Crippen LogP contribution in [0.25, 0.3) is 0 Å². The maximum absolute atomic E-state index is 13.3. The van der Waals surface area contributed by atoms with Crippen LogP contribution < -0.4 is 14.8 Å². The zero-order valence-corrected chi connectivity index (χ0v) is 22.9. The molecule has 0 saturated heterocycles. The van der Waals surface area contributed by atoms with E-state index in [1.807, 2.05) is 38.1 Å². The van der Waals surface area contributed by atoms with Crippen LogP contribution in [-0.4, -0.2) is 45.1 Å². The quantitative estimate of drug-likeness (QED) is 0.387. The van der Waals surface area contributed by atoms with Crippen LogP contribution in [0.4, 0.5) is 13.6 Å². The predicted molar refractivity (Wildman–Crippen MR) is 148 cm³/mol. The summed E-state index contributed by atoms with van der Waals surface area (Å²) in [6.45, 7) is 6.28. The lowest BCUT2D eigenvalue weighted by Crippen LogP contribution is -2.50. The third-order valence-electron chi connectivity index (χ3n) is 7.04. The normalized spacial score (nSPS) is 14.7. The average Bonchev–Trinajstić information content (AvgIpc) is 3.40. The van der Waals surface area contributed by atoms with Crippen LogP contribution >= 0.6 is 0 Å². The molecule has 0 saturated carbocycles. The van der Waals surface area contributed by atoms with Crippen molar-refractivity contribution in [3.63, 3.8) is 0 Å². The second-order valence-electron chi connectivity index (χ2n) is 9.87. The first-order valence-corrected chi connectivity index (χ1v) is 13.2. The number of nitrogens with one attached hydrogen (secondary N) is 1. The average molecular weight is 564 g/mol. The first kappa shape index (κ1) is 28.0. The zero-order chi connectivity index (χ0) is 29.1. The zero-order valence-electron chi connectivity index (χ0n) is 22.9. The van der Waals surface area contributed by atoms with Crippen molar-refractivity contribution in [3.8, 4) is 11.5 Å². The molecule has 11 heteroatoms. The Bertz CT molecular complexity index is 1490. The molecule has 3 heterocycles. The van der Waals surface area contributed by atoms with E-state index in [1.54, 1.807) is 17.0 Å². The molecule has 41 heavy (non-hydrogen) atoms. The molecule has 3 aromatic rings. The van der Waals surface area contributed by atoms with Crippen molar-refractivity contribution in [2.75, 3.05) is 6.61 Å². The van der Waals surface area contributed by atoms with Crippen molar-refractivity contribution in [3.05, 3.63) is 100 Å². The Kier molecular flexibility index (Phi) is 8.16. The minimum absolute atomic E-state index is 0.0458. The molecule has 0 aliphatic carbocycles. The number of guanidine groups is 1. The fourth-order valence-electron chi connectivity index (χ4n) is 5.02. The highest BCUT2D eigenvalue weighted by Gasteiger charge is 2.31. The van der Waals surface area contributed by atoms with Crippen LogP contribution in [0.1, 0.15) is 39.2 Å². The molecule has 0 atom stereocenters. The summed E-state index contributed by atoms with van der Waals surface area (Å²) in [6, 6.07) is 13.4. The number of urea groups is 1. The van der Waals surface area contributed by atoms with Gasteiger partial charge in [0.2, 0.25) is 5.96 Å². The van der Waals surface area contributed by atoms with E-state index in [9.17, 15) is 18.7 Å². The maximum Gasteiger partial charge on any atom is 0.387 e. The van der Waals surface area contributed by atoms with Gasteiger partial charge in [-0.15, -0.1) is 0 Å². The minimum atomic E-state index is -2.92.